The number of amides is 2. The van der Waals surface area contributed by atoms with Crippen molar-refractivity contribution in [1.29, 1.82) is 0 Å². The highest BCUT2D eigenvalue weighted by Gasteiger charge is 2.18. The molecule has 6 heteroatoms. The number of benzene rings is 2. The normalized spacial score (nSPS) is 13.6. The fourth-order valence-electron chi connectivity index (χ4n) is 3.69. The number of anilines is 1. The van der Waals surface area contributed by atoms with E-state index < -0.39 is 5.91 Å². The van der Waals surface area contributed by atoms with Crippen LogP contribution in [0, 0.1) is 5.92 Å². The molecule has 0 unspecified atom stereocenters. The minimum absolute atomic E-state index is 0.289. The quantitative estimate of drug-likeness (QED) is 0.613. The fourth-order valence-corrected chi connectivity index (χ4v) is 3.69. The predicted octanol–water partition coefficient (Wildman–Crippen LogP) is 4.07. The molecule has 0 heterocycles. The number of nitrogens with one attached hydrogen (secondary N) is 2. The fraction of sp³-hybridized carbons (Fsp3) is 0.375. The van der Waals surface area contributed by atoms with E-state index in [9.17, 15) is 14.4 Å². The molecule has 1 saturated carbocycles. The van der Waals surface area contributed by atoms with E-state index in [0.29, 0.717) is 30.1 Å². The summed E-state index contributed by atoms with van der Waals surface area (Å²) in [7, 11) is 0. The number of para-hydroxylation sites is 1. The van der Waals surface area contributed by atoms with Crippen LogP contribution in [-0.4, -0.2) is 24.4 Å². The summed E-state index contributed by atoms with van der Waals surface area (Å²) >= 11 is 0. The first-order valence-electron chi connectivity index (χ1n) is 10.5. The van der Waals surface area contributed by atoms with Gasteiger partial charge in [-0.15, -0.1) is 0 Å². The van der Waals surface area contributed by atoms with Crippen molar-refractivity contribution in [2.45, 2.75) is 45.1 Å². The molecule has 0 aromatic heterocycles. The van der Waals surface area contributed by atoms with Gasteiger partial charge in [0.15, 0.2) is 6.61 Å². The molecule has 2 aromatic rings. The zero-order valence-corrected chi connectivity index (χ0v) is 17.1. The molecule has 0 bridgehead atoms. The van der Waals surface area contributed by atoms with E-state index in [2.05, 4.69) is 10.6 Å². The van der Waals surface area contributed by atoms with Gasteiger partial charge in [0.2, 0.25) is 0 Å². The lowest BCUT2D eigenvalue weighted by Crippen LogP contribution is -2.26. The molecular weight excluding hydrogens is 380 g/mol. The number of ether oxygens (including phenoxy) is 1. The van der Waals surface area contributed by atoms with Crippen LogP contribution < -0.4 is 10.6 Å². The van der Waals surface area contributed by atoms with Crippen LogP contribution in [0.4, 0.5) is 5.69 Å². The Morgan fingerprint density at radius 1 is 0.933 bits per heavy atom. The van der Waals surface area contributed by atoms with Gasteiger partial charge in [-0.2, -0.15) is 0 Å². The van der Waals surface area contributed by atoms with Crippen molar-refractivity contribution in [3.8, 4) is 0 Å². The summed E-state index contributed by atoms with van der Waals surface area (Å²) in [4.78, 5) is 36.6. The molecule has 2 N–H and O–H groups in total. The number of rotatable bonds is 9. The molecular formula is C24H28N2O4. The van der Waals surface area contributed by atoms with E-state index in [0.717, 1.165) is 12.0 Å². The molecule has 1 aliphatic carbocycles. The zero-order chi connectivity index (χ0) is 21.2. The third kappa shape index (κ3) is 6.72. The lowest BCUT2D eigenvalue weighted by Gasteiger charge is -2.12. The van der Waals surface area contributed by atoms with Crippen LogP contribution in [0.15, 0.2) is 54.6 Å². The van der Waals surface area contributed by atoms with Gasteiger partial charge in [0, 0.05) is 13.0 Å². The molecule has 0 atom stereocenters. The monoisotopic (exact) mass is 408 g/mol. The number of hydrogen-bond donors (Lipinski definition) is 2. The Balaban J connectivity index is 1.46. The molecule has 6 nitrogen and oxygen atoms in total. The van der Waals surface area contributed by atoms with Gasteiger partial charge in [-0.1, -0.05) is 68.1 Å². The lowest BCUT2D eigenvalue weighted by atomic mass is 10.0. The van der Waals surface area contributed by atoms with Gasteiger partial charge >= 0.3 is 5.97 Å². The van der Waals surface area contributed by atoms with Gasteiger partial charge < -0.3 is 15.4 Å². The average Bonchev–Trinajstić information content (AvgIpc) is 3.29. The van der Waals surface area contributed by atoms with Crippen molar-refractivity contribution in [2.24, 2.45) is 5.92 Å². The lowest BCUT2D eigenvalue weighted by molar-refractivity contribution is -0.147. The Hall–Kier alpha value is -3.15. The summed E-state index contributed by atoms with van der Waals surface area (Å²) < 4.78 is 5.09. The Morgan fingerprint density at radius 2 is 1.63 bits per heavy atom. The van der Waals surface area contributed by atoms with Crippen LogP contribution >= 0.6 is 0 Å². The van der Waals surface area contributed by atoms with Crippen LogP contribution in [0.2, 0.25) is 0 Å². The Morgan fingerprint density at radius 3 is 2.40 bits per heavy atom. The smallest absolute Gasteiger partial charge is 0.306 e. The molecule has 30 heavy (non-hydrogen) atoms. The largest absolute Gasteiger partial charge is 0.456 e. The van der Waals surface area contributed by atoms with Gasteiger partial charge in [-0.05, 0) is 30.0 Å². The van der Waals surface area contributed by atoms with Crippen LogP contribution in [0.3, 0.4) is 0 Å². The second kappa shape index (κ2) is 11.1. The molecule has 0 aliphatic heterocycles. The zero-order valence-electron chi connectivity index (χ0n) is 17.1. The molecule has 1 fully saturated rings. The van der Waals surface area contributed by atoms with Gasteiger partial charge in [-0.3, -0.25) is 14.4 Å². The molecule has 0 spiro atoms. The molecule has 0 saturated heterocycles. The molecule has 2 amide bonds. The highest BCUT2D eigenvalue weighted by atomic mass is 16.5. The third-order valence-corrected chi connectivity index (χ3v) is 5.34. The minimum atomic E-state index is -0.465. The third-order valence-electron chi connectivity index (χ3n) is 5.34. The Labute approximate surface area is 177 Å². The van der Waals surface area contributed by atoms with E-state index in [1.165, 1.54) is 25.7 Å². The first-order chi connectivity index (χ1) is 14.6. The first-order valence-corrected chi connectivity index (χ1v) is 10.5. The van der Waals surface area contributed by atoms with E-state index in [4.69, 9.17) is 4.74 Å². The van der Waals surface area contributed by atoms with E-state index in [1.807, 2.05) is 30.3 Å². The van der Waals surface area contributed by atoms with Crippen LogP contribution in [0.5, 0.6) is 0 Å². The van der Waals surface area contributed by atoms with E-state index in [-0.39, 0.29) is 18.5 Å². The molecule has 158 valence electrons. The number of esters is 1. The summed E-state index contributed by atoms with van der Waals surface area (Å²) in [6, 6.07) is 16.3. The highest BCUT2D eigenvalue weighted by Crippen LogP contribution is 2.28. The number of carbonyl (C=O) groups excluding carboxylic acids is 3. The second-order valence-corrected chi connectivity index (χ2v) is 7.61. The maximum Gasteiger partial charge on any atom is 0.306 e. The standard InChI is InChI=1S/C24H28N2O4/c27-22(17-30-23(28)15-14-18-8-4-5-9-18)26-21-13-7-6-12-20(21)24(29)25-16-19-10-2-1-3-11-19/h1-3,6-7,10-13,18H,4-5,8-9,14-17H2,(H,25,29)(H,26,27). The maximum absolute atomic E-state index is 12.5. The van der Waals surface area contributed by atoms with Crippen molar-refractivity contribution >= 4 is 23.5 Å². The SMILES string of the molecule is O=C(COC(=O)CCC1CCCC1)Nc1ccccc1C(=O)NCc1ccccc1. The molecule has 1 aliphatic rings. The predicted molar refractivity (Wildman–Crippen MR) is 115 cm³/mol. The highest BCUT2D eigenvalue weighted by molar-refractivity contribution is 6.04. The number of hydrogen-bond acceptors (Lipinski definition) is 4. The summed E-state index contributed by atoms with van der Waals surface area (Å²) in [5, 5.41) is 5.51. The Bertz CT molecular complexity index is 861. The second-order valence-electron chi connectivity index (χ2n) is 7.61. The van der Waals surface area contributed by atoms with Gasteiger partial charge in [0.05, 0.1) is 11.3 Å². The molecule has 0 radical (unpaired) electrons. The van der Waals surface area contributed by atoms with Gasteiger partial charge in [-0.25, -0.2) is 0 Å². The summed E-state index contributed by atoms with van der Waals surface area (Å²) in [5.41, 5.74) is 1.72. The summed E-state index contributed by atoms with van der Waals surface area (Å²) in [6.07, 6.45) is 6.00. The number of carbonyl (C=O) groups is 3. The molecule has 3 rings (SSSR count). The van der Waals surface area contributed by atoms with Crippen molar-refractivity contribution in [2.75, 3.05) is 11.9 Å². The van der Waals surface area contributed by atoms with Crippen molar-refractivity contribution in [1.82, 2.24) is 5.32 Å². The van der Waals surface area contributed by atoms with Crippen LogP contribution in [-0.2, 0) is 20.9 Å². The van der Waals surface area contributed by atoms with Crippen LogP contribution in [0.25, 0.3) is 0 Å². The van der Waals surface area contributed by atoms with Crippen molar-refractivity contribution in [3.63, 3.8) is 0 Å². The summed E-state index contributed by atoms with van der Waals surface area (Å²) in [5.74, 6) is -0.505. The van der Waals surface area contributed by atoms with Crippen molar-refractivity contribution in [3.05, 3.63) is 65.7 Å². The minimum Gasteiger partial charge on any atom is -0.456 e. The van der Waals surface area contributed by atoms with Crippen LogP contribution in [0.1, 0.15) is 54.4 Å². The van der Waals surface area contributed by atoms with Gasteiger partial charge in [0.1, 0.15) is 0 Å². The topological polar surface area (TPSA) is 84.5 Å². The summed E-state index contributed by atoms with van der Waals surface area (Å²) in [6.45, 7) is 0.0318. The van der Waals surface area contributed by atoms with Gasteiger partial charge in [0.25, 0.3) is 11.8 Å². The van der Waals surface area contributed by atoms with E-state index in [1.54, 1.807) is 24.3 Å². The van der Waals surface area contributed by atoms with E-state index >= 15 is 0 Å². The average molecular weight is 408 g/mol. The maximum atomic E-state index is 12.5. The first kappa shape index (κ1) is 21.6. The molecule has 2 aromatic carbocycles. The van der Waals surface area contributed by atoms with Crippen molar-refractivity contribution < 1.29 is 19.1 Å². The Kier molecular flexibility index (Phi) is 8.01.